The molecule has 6 nitrogen and oxygen atoms in total. The van der Waals surface area contributed by atoms with Gasteiger partial charge in [0, 0.05) is 39.3 Å². The molecule has 174 valence electrons. The molecule has 2 N–H and O–H groups in total. The summed E-state index contributed by atoms with van der Waals surface area (Å²) in [6.07, 6.45) is 7.97. The number of unbranched alkanes of at least 4 members (excludes halogenated alkanes) is 1. The van der Waals surface area contributed by atoms with Crippen LogP contribution >= 0.6 is 24.0 Å². The second kappa shape index (κ2) is 13.3. The number of aryl methyl sites for hydroxylation is 1. The highest BCUT2D eigenvalue weighted by Crippen LogP contribution is 2.21. The minimum Gasteiger partial charge on any atom is -0.354 e. The van der Waals surface area contributed by atoms with Crippen molar-refractivity contribution in [2.24, 2.45) is 4.99 Å². The highest BCUT2D eigenvalue weighted by molar-refractivity contribution is 14.0. The van der Waals surface area contributed by atoms with Crippen LogP contribution in [0.3, 0.4) is 0 Å². The number of carbonyl (C=O) groups excluding carboxylic acids is 1. The maximum atomic E-state index is 12.1. The van der Waals surface area contributed by atoms with E-state index in [9.17, 15) is 4.79 Å². The zero-order chi connectivity index (χ0) is 21.3. The van der Waals surface area contributed by atoms with Crippen LogP contribution in [0.2, 0.25) is 0 Å². The summed E-state index contributed by atoms with van der Waals surface area (Å²) in [5, 5.41) is 7.28. The number of halogens is 1. The van der Waals surface area contributed by atoms with E-state index in [1.54, 1.807) is 19.0 Å². The Balaban J connectivity index is 0.00000341. The third kappa shape index (κ3) is 8.25. The topological polar surface area (TPSA) is 60.0 Å². The Morgan fingerprint density at radius 3 is 2.45 bits per heavy atom. The average Bonchev–Trinajstić information content (AvgIpc) is 2.76. The molecule has 1 fully saturated rings. The maximum absolute atomic E-state index is 12.1. The summed E-state index contributed by atoms with van der Waals surface area (Å²) in [4.78, 5) is 20.9. The van der Waals surface area contributed by atoms with Gasteiger partial charge < -0.3 is 20.4 Å². The fourth-order valence-electron chi connectivity index (χ4n) is 4.31. The van der Waals surface area contributed by atoms with E-state index < -0.39 is 0 Å². The Labute approximate surface area is 205 Å². The van der Waals surface area contributed by atoms with Crippen molar-refractivity contribution >= 4 is 35.8 Å². The fourth-order valence-corrected chi connectivity index (χ4v) is 4.31. The maximum Gasteiger partial charge on any atom is 0.243 e. The number of carbonyl (C=O) groups is 1. The zero-order valence-electron chi connectivity index (χ0n) is 19.4. The molecule has 1 atom stereocenters. The van der Waals surface area contributed by atoms with E-state index >= 15 is 0 Å². The van der Waals surface area contributed by atoms with Gasteiger partial charge in [-0.05, 0) is 56.2 Å². The number of likely N-dealkylation sites (tertiary alicyclic amines) is 1. The molecule has 1 aliphatic carbocycles. The lowest BCUT2D eigenvalue weighted by molar-refractivity contribution is -0.127. The number of hydrogen-bond acceptors (Lipinski definition) is 3. The van der Waals surface area contributed by atoms with Gasteiger partial charge in [0.25, 0.3) is 0 Å². The number of fused-ring (bicyclic) bond motifs is 1. The standard InChI is InChI=1S/C24H39N5O.HI/c1-4-5-14-29-15-12-21(13-16-29)26-24(25-18-23(30)28(2)3)27-22-11-10-19-8-6-7-9-20(19)17-22;/h6-9,21-22H,4-5,10-18H2,1-3H3,(H2,25,26,27);1H. The predicted molar refractivity (Wildman–Crippen MR) is 139 cm³/mol. The molecule has 1 aromatic rings. The molecule has 0 spiro atoms. The zero-order valence-corrected chi connectivity index (χ0v) is 21.7. The number of likely N-dealkylation sites (N-methyl/N-ethyl adjacent to an activating group) is 1. The van der Waals surface area contributed by atoms with E-state index in [0.29, 0.717) is 12.1 Å². The van der Waals surface area contributed by atoms with Gasteiger partial charge in [0.2, 0.25) is 5.91 Å². The summed E-state index contributed by atoms with van der Waals surface area (Å²) < 4.78 is 0. The highest BCUT2D eigenvalue weighted by Gasteiger charge is 2.23. The van der Waals surface area contributed by atoms with E-state index in [2.05, 4.69) is 51.7 Å². The molecule has 0 saturated carbocycles. The van der Waals surface area contributed by atoms with Crippen LogP contribution < -0.4 is 10.6 Å². The van der Waals surface area contributed by atoms with Gasteiger partial charge in [-0.2, -0.15) is 0 Å². The molecule has 1 heterocycles. The van der Waals surface area contributed by atoms with Crippen LogP contribution in [0.25, 0.3) is 0 Å². The monoisotopic (exact) mass is 541 g/mol. The lowest BCUT2D eigenvalue weighted by Gasteiger charge is -2.34. The molecule has 1 aromatic carbocycles. The molecule has 1 saturated heterocycles. The Hall–Kier alpha value is -1.35. The van der Waals surface area contributed by atoms with E-state index in [-0.39, 0.29) is 36.4 Å². The van der Waals surface area contributed by atoms with Crippen molar-refractivity contribution in [1.29, 1.82) is 0 Å². The third-order valence-electron chi connectivity index (χ3n) is 6.32. The summed E-state index contributed by atoms with van der Waals surface area (Å²) in [6.45, 7) is 5.92. The van der Waals surface area contributed by atoms with Crippen molar-refractivity contribution in [2.75, 3.05) is 40.3 Å². The first-order valence-electron chi connectivity index (χ1n) is 11.6. The molecular weight excluding hydrogens is 501 g/mol. The van der Waals surface area contributed by atoms with Crippen LogP contribution in [-0.2, 0) is 17.6 Å². The van der Waals surface area contributed by atoms with Crippen LogP contribution in [-0.4, -0.2) is 74.0 Å². The molecule has 0 radical (unpaired) electrons. The minimum absolute atomic E-state index is 0. The number of guanidine groups is 1. The van der Waals surface area contributed by atoms with E-state index in [0.717, 1.165) is 51.2 Å². The van der Waals surface area contributed by atoms with Crippen molar-refractivity contribution < 1.29 is 4.79 Å². The van der Waals surface area contributed by atoms with Gasteiger partial charge in [0.1, 0.15) is 6.54 Å². The molecule has 7 heteroatoms. The van der Waals surface area contributed by atoms with Gasteiger partial charge in [-0.15, -0.1) is 24.0 Å². The number of rotatable bonds is 7. The Kier molecular flexibility index (Phi) is 11.1. The number of piperidine rings is 1. The van der Waals surface area contributed by atoms with Crippen LogP contribution in [0.1, 0.15) is 50.2 Å². The third-order valence-corrected chi connectivity index (χ3v) is 6.32. The first-order chi connectivity index (χ1) is 14.5. The van der Waals surface area contributed by atoms with Crippen molar-refractivity contribution in [2.45, 2.75) is 64.0 Å². The smallest absolute Gasteiger partial charge is 0.243 e. The number of nitrogens with one attached hydrogen (secondary N) is 2. The molecule has 1 amide bonds. The van der Waals surface area contributed by atoms with Crippen LogP contribution in [0.15, 0.2) is 29.3 Å². The fraction of sp³-hybridized carbons (Fsp3) is 0.667. The first-order valence-corrected chi connectivity index (χ1v) is 11.6. The van der Waals surface area contributed by atoms with Crippen molar-refractivity contribution in [3.63, 3.8) is 0 Å². The van der Waals surface area contributed by atoms with Gasteiger partial charge in [-0.25, -0.2) is 4.99 Å². The molecule has 3 rings (SSSR count). The normalized spacial score (nSPS) is 19.8. The van der Waals surface area contributed by atoms with Crippen molar-refractivity contribution in [3.8, 4) is 0 Å². The Bertz CT molecular complexity index is 716. The second-order valence-electron chi connectivity index (χ2n) is 8.92. The van der Waals surface area contributed by atoms with Crippen LogP contribution in [0, 0.1) is 0 Å². The molecule has 31 heavy (non-hydrogen) atoms. The van der Waals surface area contributed by atoms with Crippen LogP contribution in [0.4, 0.5) is 0 Å². The van der Waals surface area contributed by atoms with Gasteiger partial charge >= 0.3 is 0 Å². The summed E-state index contributed by atoms with van der Waals surface area (Å²) in [7, 11) is 3.56. The largest absolute Gasteiger partial charge is 0.354 e. The molecule has 2 aliphatic rings. The number of aliphatic imine (C=N–C) groups is 1. The summed E-state index contributed by atoms with van der Waals surface area (Å²) in [5.74, 6) is 0.820. The molecule has 1 aliphatic heterocycles. The number of benzene rings is 1. The lowest BCUT2D eigenvalue weighted by atomic mass is 9.88. The quantitative estimate of drug-likeness (QED) is 0.317. The summed E-state index contributed by atoms with van der Waals surface area (Å²) in [5.41, 5.74) is 2.89. The van der Waals surface area contributed by atoms with E-state index in [1.165, 1.54) is 30.5 Å². The second-order valence-corrected chi connectivity index (χ2v) is 8.92. The molecular formula is C24H40IN5O. The Morgan fingerprint density at radius 1 is 1.10 bits per heavy atom. The minimum atomic E-state index is 0. The number of amides is 1. The Morgan fingerprint density at radius 2 is 1.77 bits per heavy atom. The number of nitrogens with zero attached hydrogens (tertiary/aromatic N) is 3. The molecule has 0 aromatic heterocycles. The summed E-state index contributed by atoms with van der Waals surface area (Å²) in [6, 6.07) is 9.48. The average molecular weight is 542 g/mol. The van der Waals surface area contributed by atoms with Crippen molar-refractivity contribution in [3.05, 3.63) is 35.4 Å². The van der Waals surface area contributed by atoms with Crippen LogP contribution in [0.5, 0.6) is 0 Å². The number of hydrogen-bond donors (Lipinski definition) is 2. The van der Waals surface area contributed by atoms with Gasteiger partial charge in [-0.3, -0.25) is 4.79 Å². The van der Waals surface area contributed by atoms with Gasteiger partial charge in [-0.1, -0.05) is 37.6 Å². The molecule has 0 bridgehead atoms. The van der Waals surface area contributed by atoms with E-state index in [4.69, 9.17) is 0 Å². The highest BCUT2D eigenvalue weighted by atomic mass is 127. The van der Waals surface area contributed by atoms with Gasteiger partial charge in [0.05, 0.1) is 0 Å². The lowest BCUT2D eigenvalue weighted by Crippen LogP contribution is -2.52. The van der Waals surface area contributed by atoms with Gasteiger partial charge in [0.15, 0.2) is 5.96 Å². The SMILES string of the molecule is CCCCN1CCC(NC(=NCC(=O)N(C)C)NC2CCc3ccccc3C2)CC1.I. The predicted octanol–water partition coefficient (Wildman–Crippen LogP) is 3.05. The summed E-state index contributed by atoms with van der Waals surface area (Å²) >= 11 is 0. The first kappa shape index (κ1) is 25.9. The van der Waals surface area contributed by atoms with Crippen molar-refractivity contribution in [1.82, 2.24) is 20.4 Å². The molecule has 1 unspecified atom stereocenters. The van der Waals surface area contributed by atoms with E-state index in [1.807, 2.05) is 0 Å².